The molecule has 2 aromatic rings. The van der Waals surface area contributed by atoms with Gasteiger partial charge in [0.2, 0.25) is 5.88 Å². The third kappa shape index (κ3) is 4.52. The lowest BCUT2D eigenvalue weighted by molar-refractivity contribution is -0.135. The first-order valence-corrected chi connectivity index (χ1v) is 10.9. The maximum atomic E-state index is 12.6. The van der Waals surface area contributed by atoms with Crippen LogP contribution in [0.15, 0.2) is 36.7 Å². The van der Waals surface area contributed by atoms with Crippen LogP contribution in [-0.2, 0) is 4.79 Å². The molecule has 5 rings (SSSR count). The van der Waals surface area contributed by atoms with Crippen LogP contribution in [0.25, 0.3) is 0 Å². The Labute approximate surface area is 181 Å². The molecular formula is C22H25ClN4O3. The van der Waals surface area contributed by atoms with E-state index in [-0.39, 0.29) is 18.6 Å². The van der Waals surface area contributed by atoms with E-state index < -0.39 is 0 Å². The van der Waals surface area contributed by atoms with Gasteiger partial charge in [0.25, 0.3) is 5.91 Å². The molecule has 30 heavy (non-hydrogen) atoms. The fraction of sp³-hybridized carbons (Fsp3) is 0.500. The van der Waals surface area contributed by atoms with Crippen molar-refractivity contribution in [3.8, 4) is 11.6 Å². The summed E-state index contributed by atoms with van der Waals surface area (Å²) >= 11 is 5.96. The van der Waals surface area contributed by atoms with Crippen LogP contribution in [-0.4, -0.2) is 70.6 Å². The Bertz CT molecular complexity index is 906. The van der Waals surface area contributed by atoms with Crippen LogP contribution in [0.5, 0.6) is 11.6 Å². The molecule has 1 aromatic heterocycles. The summed E-state index contributed by atoms with van der Waals surface area (Å²) in [5.74, 6) is 1.80. The lowest BCUT2D eigenvalue weighted by atomic mass is 10.1. The molecule has 1 aromatic carbocycles. The topological polar surface area (TPSA) is 67.8 Å². The lowest BCUT2D eigenvalue weighted by Gasteiger charge is -2.37. The summed E-state index contributed by atoms with van der Waals surface area (Å²) in [6, 6.07) is 7.41. The molecule has 0 unspecified atom stereocenters. The van der Waals surface area contributed by atoms with Gasteiger partial charge in [-0.15, -0.1) is 0 Å². The van der Waals surface area contributed by atoms with Gasteiger partial charge in [-0.05, 0) is 31.0 Å². The minimum absolute atomic E-state index is 0.000486. The van der Waals surface area contributed by atoms with Crippen LogP contribution in [0.4, 0.5) is 0 Å². The highest BCUT2D eigenvalue weighted by atomic mass is 35.5. The van der Waals surface area contributed by atoms with Crippen LogP contribution in [0, 0.1) is 0 Å². The third-order valence-electron chi connectivity index (χ3n) is 6.02. The Balaban J connectivity index is 1.11. The highest BCUT2D eigenvalue weighted by Gasteiger charge is 2.38. The van der Waals surface area contributed by atoms with Gasteiger partial charge in [-0.2, -0.15) is 0 Å². The highest BCUT2D eigenvalue weighted by molar-refractivity contribution is 6.30. The number of hydrogen-bond acceptors (Lipinski definition) is 6. The number of aromatic nitrogens is 2. The Morgan fingerprint density at radius 1 is 1.17 bits per heavy atom. The molecule has 1 amide bonds. The fourth-order valence-corrected chi connectivity index (χ4v) is 4.43. The van der Waals surface area contributed by atoms with Crippen molar-refractivity contribution in [1.82, 2.24) is 19.8 Å². The number of piperazine rings is 1. The van der Waals surface area contributed by atoms with E-state index in [1.165, 1.54) is 12.8 Å². The van der Waals surface area contributed by atoms with Gasteiger partial charge >= 0.3 is 0 Å². The first kappa shape index (κ1) is 19.6. The van der Waals surface area contributed by atoms with Crippen LogP contribution in [0.3, 0.4) is 0 Å². The molecule has 2 aliphatic heterocycles. The minimum Gasteiger partial charge on any atom is -0.484 e. The summed E-state index contributed by atoms with van der Waals surface area (Å²) in [6.45, 7) is 3.13. The molecule has 0 bridgehead atoms. The average molecular weight is 429 g/mol. The number of benzene rings is 1. The fourth-order valence-electron chi connectivity index (χ4n) is 4.25. The van der Waals surface area contributed by atoms with E-state index in [2.05, 4.69) is 14.9 Å². The third-order valence-corrected chi connectivity index (χ3v) is 6.26. The number of carbonyl (C=O) groups is 1. The second kappa shape index (κ2) is 8.40. The van der Waals surface area contributed by atoms with E-state index in [0.717, 1.165) is 25.2 Å². The van der Waals surface area contributed by atoms with E-state index in [0.29, 0.717) is 41.7 Å². The van der Waals surface area contributed by atoms with Crippen molar-refractivity contribution in [3.63, 3.8) is 0 Å². The summed E-state index contributed by atoms with van der Waals surface area (Å²) in [6.07, 6.45) is 6.98. The van der Waals surface area contributed by atoms with Crippen LogP contribution in [0.1, 0.15) is 30.9 Å². The molecular weight excluding hydrogens is 404 g/mol. The molecule has 0 radical (unpaired) electrons. The average Bonchev–Trinajstić information content (AvgIpc) is 3.52. The van der Waals surface area contributed by atoms with Gasteiger partial charge < -0.3 is 14.4 Å². The molecule has 2 atom stereocenters. The minimum atomic E-state index is 0.000486. The second-order valence-electron chi connectivity index (χ2n) is 8.26. The molecule has 158 valence electrons. The van der Waals surface area contributed by atoms with Crippen LogP contribution in [0.2, 0.25) is 5.02 Å². The number of halogens is 1. The quantitative estimate of drug-likeness (QED) is 0.704. The summed E-state index contributed by atoms with van der Waals surface area (Å²) in [5, 5.41) is 0.595. The van der Waals surface area contributed by atoms with Gasteiger partial charge in [-0.3, -0.25) is 14.7 Å². The molecule has 2 saturated heterocycles. The summed E-state index contributed by atoms with van der Waals surface area (Å²) in [7, 11) is 0. The number of fused-ring (bicyclic) bond motifs is 1. The Morgan fingerprint density at radius 3 is 2.83 bits per heavy atom. The van der Waals surface area contributed by atoms with Crippen molar-refractivity contribution in [1.29, 1.82) is 0 Å². The maximum Gasteiger partial charge on any atom is 0.260 e. The molecule has 1 saturated carbocycles. The van der Waals surface area contributed by atoms with E-state index in [1.54, 1.807) is 24.4 Å². The maximum absolute atomic E-state index is 12.6. The van der Waals surface area contributed by atoms with Gasteiger partial charge in [0.15, 0.2) is 6.61 Å². The smallest absolute Gasteiger partial charge is 0.260 e. The van der Waals surface area contributed by atoms with E-state index in [1.807, 2.05) is 17.2 Å². The van der Waals surface area contributed by atoms with Crippen molar-refractivity contribution in [2.24, 2.45) is 0 Å². The SMILES string of the molecule is O=C(COc1cccc(Cl)c1)N1CCN2C[C@H](Oc3cnc(C4CC4)cn3)C[C@H]2C1. The molecule has 0 spiro atoms. The molecule has 3 fully saturated rings. The second-order valence-corrected chi connectivity index (χ2v) is 8.70. The predicted molar refractivity (Wildman–Crippen MR) is 112 cm³/mol. The summed E-state index contributed by atoms with van der Waals surface area (Å²) in [4.78, 5) is 25.8. The van der Waals surface area contributed by atoms with Crippen molar-refractivity contribution in [2.75, 3.05) is 32.8 Å². The van der Waals surface area contributed by atoms with Crippen LogP contribution < -0.4 is 9.47 Å². The number of carbonyl (C=O) groups excluding carboxylic acids is 1. The summed E-state index contributed by atoms with van der Waals surface area (Å²) in [5.41, 5.74) is 1.07. The number of rotatable bonds is 6. The molecule has 1 aliphatic carbocycles. The van der Waals surface area contributed by atoms with Gasteiger partial charge in [0.05, 0.1) is 18.1 Å². The van der Waals surface area contributed by atoms with Gasteiger partial charge in [0.1, 0.15) is 11.9 Å². The van der Waals surface area contributed by atoms with Gasteiger partial charge in [-0.1, -0.05) is 17.7 Å². The largest absolute Gasteiger partial charge is 0.484 e. The van der Waals surface area contributed by atoms with E-state index in [9.17, 15) is 4.79 Å². The Hall–Kier alpha value is -2.38. The number of ether oxygens (including phenoxy) is 2. The Morgan fingerprint density at radius 2 is 2.07 bits per heavy atom. The van der Waals surface area contributed by atoms with Crippen LogP contribution >= 0.6 is 11.6 Å². The van der Waals surface area contributed by atoms with Gasteiger partial charge in [0, 0.05) is 49.6 Å². The molecule has 7 nitrogen and oxygen atoms in total. The molecule has 3 heterocycles. The highest BCUT2D eigenvalue weighted by Crippen LogP contribution is 2.38. The number of nitrogens with zero attached hydrogens (tertiary/aromatic N) is 4. The molecule has 3 aliphatic rings. The number of hydrogen-bond donors (Lipinski definition) is 0. The lowest BCUT2D eigenvalue weighted by Crippen LogP contribution is -2.53. The summed E-state index contributed by atoms with van der Waals surface area (Å²) < 4.78 is 11.7. The molecule has 8 heteroatoms. The van der Waals surface area contributed by atoms with Crippen molar-refractivity contribution >= 4 is 17.5 Å². The van der Waals surface area contributed by atoms with Crippen molar-refractivity contribution < 1.29 is 14.3 Å². The van der Waals surface area contributed by atoms with E-state index in [4.69, 9.17) is 21.1 Å². The standard InChI is InChI=1S/C22H25ClN4O3/c23-16-2-1-3-18(8-16)29-14-22(28)27-7-6-26-13-19(9-17(26)12-27)30-21-11-24-20(10-25-21)15-4-5-15/h1-3,8,10-11,15,17,19H,4-7,9,12-14H2/t17-,19+/m0/s1. The predicted octanol–water partition coefficient (Wildman–Crippen LogP) is 2.75. The van der Waals surface area contributed by atoms with Crippen molar-refractivity contribution in [2.45, 2.75) is 37.3 Å². The first-order chi connectivity index (χ1) is 14.6. The zero-order valence-electron chi connectivity index (χ0n) is 16.7. The molecule has 0 N–H and O–H groups in total. The zero-order valence-corrected chi connectivity index (χ0v) is 17.5. The normalized spacial score (nSPS) is 23.8. The van der Waals surface area contributed by atoms with Gasteiger partial charge in [-0.25, -0.2) is 4.98 Å². The monoisotopic (exact) mass is 428 g/mol. The first-order valence-electron chi connectivity index (χ1n) is 10.5. The van der Waals surface area contributed by atoms with Crippen molar-refractivity contribution in [3.05, 3.63) is 47.4 Å². The number of amides is 1. The Kier molecular flexibility index (Phi) is 5.48. The van der Waals surface area contributed by atoms with E-state index >= 15 is 0 Å². The zero-order chi connectivity index (χ0) is 20.5.